The molecule has 6 N–H and O–H groups in total. The van der Waals surface area contributed by atoms with E-state index in [2.05, 4.69) is 55.6 Å². The first-order valence-electron chi connectivity index (χ1n) is 23.9. The Bertz CT molecular complexity index is 1050. The highest BCUT2D eigenvalue weighted by Gasteiger charge is 2.44. The highest BCUT2D eigenvalue weighted by molar-refractivity contribution is 5.76. The summed E-state index contributed by atoms with van der Waals surface area (Å²) in [7, 11) is 0. The molecule has 1 amide bonds. The van der Waals surface area contributed by atoms with Gasteiger partial charge in [0.05, 0.1) is 25.4 Å². The summed E-state index contributed by atoms with van der Waals surface area (Å²) >= 11 is 0. The average molecular weight is 820 g/mol. The minimum Gasteiger partial charge on any atom is -0.394 e. The zero-order valence-corrected chi connectivity index (χ0v) is 37.0. The number of hydrogen-bond donors (Lipinski definition) is 6. The van der Waals surface area contributed by atoms with E-state index in [1.807, 2.05) is 6.08 Å². The van der Waals surface area contributed by atoms with Crippen molar-refractivity contribution >= 4 is 5.91 Å². The largest absolute Gasteiger partial charge is 0.394 e. The maximum absolute atomic E-state index is 12.9. The number of rotatable bonds is 39. The van der Waals surface area contributed by atoms with Gasteiger partial charge in [0.15, 0.2) is 6.29 Å². The fourth-order valence-electron chi connectivity index (χ4n) is 7.35. The van der Waals surface area contributed by atoms with Crippen molar-refractivity contribution in [3.05, 3.63) is 48.6 Å². The molecule has 7 unspecified atom stereocenters. The van der Waals surface area contributed by atoms with Crippen molar-refractivity contribution in [2.24, 2.45) is 0 Å². The highest BCUT2D eigenvalue weighted by atomic mass is 16.7. The van der Waals surface area contributed by atoms with Crippen molar-refractivity contribution in [1.29, 1.82) is 0 Å². The Morgan fingerprint density at radius 1 is 0.603 bits per heavy atom. The summed E-state index contributed by atoms with van der Waals surface area (Å²) in [4.78, 5) is 12.9. The van der Waals surface area contributed by atoms with Crippen molar-refractivity contribution < 1.29 is 39.8 Å². The first kappa shape index (κ1) is 54.2. The maximum atomic E-state index is 12.9. The van der Waals surface area contributed by atoms with Crippen LogP contribution >= 0.6 is 0 Å². The van der Waals surface area contributed by atoms with Crippen molar-refractivity contribution in [2.75, 3.05) is 13.2 Å². The monoisotopic (exact) mass is 820 g/mol. The molecular formula is C49H89NO8. The zero-order valence-electron chi connectivity index (χ0n) is 37.0. The Labute approximate surface area is 354 Å². The van der Waals surface area contributed by atoms with E-state index in [0.717, 1.165) is 64.2 Å². The fraction of sp³-hybridized carbons (Fsp3) is 0.816. The number of amides is 1. The second kappa shape index (κ2) is 39.3. The van der Waals surface area contributed by atoms with Gasteiger partial charge in [-0.15, -0.1) is 0 Å². The fourth-order valence-corrected chi connectivity index (χ4v) is 7.35. The molecule has 9 heteroatoms. The van der Waals surface area contributed by atoms with Gasteiger partial charge in [-0.25, -0.2) is 0 Å². The molecule has 1 aliphatic rings. The minimum atomic E-state index is -1.57. The molecular weight excluding hydrogens is 731 g/mol. The summed E-state index contributed by atoms with van der Waals surface area (Å²) in [5.41, 5.74) is 0. The smallest absolute Gasteiger partial charge is 0.220 e. The molecule has 7 atom stereocenters. The SMILES string of the molecule is CC/C=C\C/C=C\C/C=C\CCCCCC(=O)NC(COC1OC(CO)C(O)C(O)C1O)C(O)/C=C/CCCCCCCCCCCCCCCCCCCCCC. The Hall–Kier alpha value is -1.85. The second-order valence-corrected chi connectivity index (χ2v) is 16.5. The Kier molecular flexibility index (Phi) is 36.7. The van der Waals surface area contributed by atoms with Gasteiger partial charge in [0, 0.05) is 6.42 Å². The van der Waals surface area contributed by atoms with E-state index < -0.39 is 49.5 Å². The Morgan fingerprint density at radius 2 is 1.07 bits per heavy atom. The van der Waals surface area contributed by atoms with Crippen LogP contribution < -0.4 is 5.32 Å². The first-order chi connectivity index (χ1) is 28.3. The molecule has 0 aromatic rings. The number of carbonyl (C=O) groups excluding carboxylic acids is 1. The van der Waals surface area contributed by atoms with Gasteiger partial charge >= 0.3 is 0 Å². The summed E-state index contributed by atoms with van der Waals surface area (Å²) < 4.78 is 11.2. The molecule has 58 heavy (non-hydrogen) atoms. The number of unbranched alkanes of at least 4 members (excludes halogenated alkanes) is 23. The molecule has 1 fully saturated rings. The topological polar surface area (TPSA) is 149 Å². The third-order valence-electron chi connectivity index (χ3n) is 11.2. The molecule has 1 heterocycles. The number of ether oxygens (including phenoxy) is 2. The first-order valence-corrected chi connectivity index (χ1v) is 23.9. The Morgan fingerprint density at radius 3 is 1.59 bits per heavy atom. The van der Waals surface area contributed by atoms with Crippen LogP contribution in [-0.4, -0.2) is 87.5 Å². The molecule has 0 aromatic heterocycles. The van der Waals surface area contributed by atoms with Crippen LogP contribution in [0.2, 0.25) is 0 Å². The summed E-state index contributed by atoms with van der Waals surface area (Å²) in [6.45, 7) is 3.64. The van der Waals surface area contributed by atoms with E-state index >= 15 is 0 Å². The van der Waals surface area contributed by atoms with Crippen LogP contribution in [0.15, 0.2) is 48.6 Å². The molecule has 0 aromatic carbocycles. The molecule has 1 rings (SSSR count). The lowest BCUT2D eigenvalue weighted by atomic mass is 9.99. The predicted molar refractivity (Wildman–Crippen MR) is 239 cm³/mol. The maximum Gasteiger partial charge on any atom is 0.220 e. The van der Waals surface area contributed by atoms with Crippen LogP contribution in [0.5, 0.6) is 0 Å². The number of aliphatic hydroxyl groups excluding tert-OH is 5. The number of carbonyl (C=O) groups is 1. The van der Waals surface area contributed by atoms with Gasteiger partial charge in [-0.05, 0) is 51.4 Å². The lowest BCUT2D eigenvalue weighted by Crippen LogP contribution is -2.60. The van der Waals surface area contributed by atoms with E-state index in [0.29, 0.717) is 6.42 Å². The third kappa shape index (κ3) is 29.4. The van der Waals surface area contributed by atoms with Gasteiger partial charge in [0.1, 0.15) is 24.4 Å². The second-order valence-electron chi connectivity index (χ2n) is 16.5. The predicted octanol–water partition coefficient (Wildman–Crippen LogP) is 10.2. The summed E-state index contributed by atoms with van der Waals surface area (Å²) in [6.07, 6.45) is 43.1. The molecule has 0 spiro atoms. The van der Waals surface area contributed by atoms with E-state index in [-0.39, 0.29) is 12.5 Å². The molecule has 1 aliphatic heterocycles. The molecule has 0 bridgehead atoms. The van der Waals surface area contributed by atoms with Gasteiger partial charge in [0.25, 0.3) is 0 Å². The number of allylic oxidation sites excluding steroid dienone is 7. The van der Waals surface area contributed by atoms with Crippen LogP contribution in [0.1, 0.15) is 200 Å². The Balaban J connectivity index is 2.32. The van der Waals surface area contributed by atoms with Gasteiger partial charge < -0.3 is 40.3 Å². The zero-order chi connectivity index (χ0) is 42.3. The van der Waals surface area contributed by atoms with Crippen LogP contribution in [0.4, 0.5) is 0 Å². The molecule has 9 nitrogen and oxygen atoms in total. The van der Waals surface area contributed by atoms with Crippen molar-refractivity contribution in [3.63, 3.8) is 0 Å². The van der Waals surface area contributed by atoms with Gasteiger partial charge in [-0.3, -0.25) is 4.79 Å². The van der Waals surface area contributed by atoms with Crippen molar-refractivity contribution in [2.45, 2.75) is 243 Å². The summed E-state index contributed by atoms with van der Waals surface area (Å²) in [5, 5.41) is 54.2. The van der Waals surface area contributed by atoms with Crippen molar-refractivity contribution in [1.82, 2.24) is 5.32 Å². The lowest BCUT2D eigenvalue weighted by molar-refractivity contribution is -0.302. The van der Waals surface area contributed by atoms with Gasteiger partial charge in [-0.2, -0.15) is 0 Å². The van der Waals surface area contributed by atoms with E-state index in [9.17, 15) is 30.3 Å². The molecule has 1 saturated heterocycles. The minimum absolute atomic E-state index is 0.201. The van der Waals surface area contributed by atoms with Crippen LogP contribution in [0.3, 0.4) is 0 Å². The highest BCUT2D eigenvalue weighted by Crippen LogP contribution is 2.23. The van der Waals surface area contributed by atoms with E-state index in [1.165, 1.54) is 116 Å². The van der Waals surface area contributed by atoms with E-state index in [4.69, 9.17) is 9.47 Å². The van der Waals surface area contributed by atoms with Gasteiger partial charge in [0.2, 0.25) is 5.91 Å². The van der Waals surface area contributed by atoms with Gasteiger partial charge in [-0.1, -0.05) is 191 Å². The third-order valence-corrected chi connectivity index (χ3v) is 11.2. The molecule has 0 saturated carbocycles. The van der Waals surface area contributed by atoms with Crippen LogP contribution in [0.25, 0.3) is 0 Å². The number of hydrogen-bond acceptors (Lipinski definition) is 8. The quantitative estimate of drug-likeness (QED) is 0.0265. The standard InChI is InChI=1S/C49H89NO8/c1-3-5-7-9-11-13-15-17-18-19-20-21-22-23-24-25-27-28-30-32-34-36-38-43(52)42(41-57-49-48(56)47(55)46(54)44(40-51)58-49)50-45(53)39-37-35-33-31-29-26-16-14-12-10-8-6-4-2/h6,8,12,14,26,29,36,38,42-44,46-49,51-52,54-56H,3-5,7,9-11,13,15-25,27-28,30-35,37,39-41H2,1-2H3,(H,50,53)/b8-6-,14-12-,29-26-,38-36+. The van der Waals surface area contributed by atoms with Crippen LogP contribution in [-0.2, 0) is 14.3 Å². The number of aliphatic hydroxyl groups is 5. The summed E-state index contributed by atoms with van der Waals surface area (Å²) in [5.74, 6) is -0.207. The lowest BCUT2D eigenvalue weighted by Gasteiger charge is -2.40. The van der Waals surface area contributed by atoms with Crippen molar-refractivity contribution in [3.8, 4) is 0 Å². The van der Waals surface area contributed by atoms with Crippen LogP contribution in [0, 0.1) is 0 Å². The molecule has 338 valence electrons. The normalized spacial score (nSPS) is 21.3. The summed E-state index contributed by atoms with van der Waals surface area (Å²) in [6, 6.07) is -0.820. The molecule has 0 radical (unpaired) electrons. The molecule has 0 aliphatic carbocycles. The van der Waals surface area contributed by atoms with E-state index in [1.54, 1.807) is 6.08 Å². The average Bonchev–Trinajstić information content (AvgIpc) is 3.22. The number of nitrogens with one attached hydrogen (secondary N) is 1.